The molecule has 2 aromatic heterocycles. The van der Waals surface area contributed by atoms with E-state index >= 15 is 0 Å². The summed E-state index contributed by atoms with van der Waals surface area (Å²) < 4.78 is 39.2. The van der Waals surface area contributed by atoms with Crippen molar-refractivity contribution in [1.82, 2.24) is 9.97 Å². The number of thioether (sulfide) groups is 1. The quantitative estimate of drug-likeness (QED) is 0.435. The molecule has 0 bridgehead atoms. The second kappa shape index (κ2) is 7.65. The number of nitriles is 1. The van der Waals surface area contributed by atoms with Crippen LogP contribution in [0.1, 0.15) is 30.6 Å². The fraction of sp³-hybridized carbons (Fsp3) is 0.562. The number of thiophene rings is 1. The summed E-state index contributed by atoms with van der Waals surface area (Å²) >= 11 is 2.44. The van der Waals surface area contributed by atoms with Crippen LogP contribution in [0.15, 0.2) is 11.2 Å². The Morgan fingerprint density at radius 3 is 2.65 bits per heavy atom. The van der Waals surface area contributed by atoms with Crippen molar-refractivity contribution in [3.63, 3.8) is 0 Å². The van der Waals surface area contributed by atoms with Crippen LogP contribution in [0.5, 0.6) is 0 Å². The summed E-state index contributed by atoms with van der Waals surface area (Å²) in [7, 11) is 0. The van der Waals surface area contributed by atoms with Crippen LogP contribution in [0.4, 0.5) is 19.0 Å². The maximum Gasteiger partial charge on any atom is 0.396 e. The number of nitrogens with zero attached hydrogens (tertiary/aromatic N) is 3. The summed E-state index contributed by atoms with van der Waals surface area (Å²) in [5.74, 6) is 1.37. The molecular formula is C16H18BF3N4S2. The van der Waals surface area contributed by atoms with Gasteiger partial charge in [-0.25, -0.2) is 15.2 Å². The minimum absolute atomic E-state index is 0.0978. The van der Waals surface area contributed by atoms with Crippen LogP contribution in [0.25, 0.3) is 10.2 Å². The van der Waals surface area contributed by atoms with E-state index in [4.69, 9.17) is 5.26 Å². The zero-order valence-electron chi connectivity index (χ0n) is 14.4. The molecule has 26 heavy (non-hydrogen) atoms. The van der Waals surface area contributed by atoms with Gasteiger partial charge in [-0.1, -0.05) is 24.4 Å². The minimum atomic E-state index is -4.28. The third-order valence-corrected chi connectivity index (χ3v) is 6.50. The molecule has 0 radical (unpaired) electrons. The van der Waals surface area contributed by atoms with Crippen LogP contribution in [-0.2, 0) is 0 Å². The van der Waals surface area contributed by atoms with Crippen molar-refractivity contribution in [1.29, 1.82) is 5.26 Å². The lowest BCUT2D eigenvalue weighted by atomic mass is 9.42. The van der Waals surface area contributed by atoms with Gasteiger partial charge in [0.05, 0.1) is 11.3 Å². The smallest absolute Gasteiger partial charge is 0.367 e. The summed E-state index contributed by atoms with van der Waals surface area (Å²) in [5.41, 5.74) is 0. The van der Waals surface area contributed by atoms with Gasteiger partial charge >= 0.3 is 6.18 Å². The Kier molecular flexibility index (Phi) is 5.68. The molecule has 0 aliphatic carbocycles. The van der Waals surface area contributed by atoms with E-state index in [1.807, 2.05) is 6.26 Å². The molecule has 3 heterocycles. The summed E-state index contributed by atoms with van der Waals surface area (Å²) in [5, 5.41) is 13.6. The molecule has 0 amide bonds. The highest BCUT2D eigenvalue weighted by molar-refractivity contribution is 7.98. The van der Waals surface area contributed by atoms with Crippen molar-refractivity contribution in [3.8, 4) is 5.97 Å². The van der Waals surface area contributed by atoms with E-state index in [0.29, 0.717) is 21.2 Å². The first kappa shape index (κ1) is 19.3. The number of aromatic nitrogens is 2. The second-order valence-electron chi connectivity index (χ2n) is 6.51. The molecule has 138 valence electrons. The number of hydrogen-bond donors (Lipinski definition) is 1. The molecule has 0 saturated carbocycles. The minimum Gasteiger partial charge on any atom is -0.367 e. The van der Waals surface area contributed by atoms with Crippen LogP contribution in [0.3, 0.4) is 0 Å². The van der Waals surface area contributed by atoms with Crippen LogP contribution >= 0.6 is 23.1 Å². The van der Waals surface area contributed by atoms with Crippen LogP contribution < -0.4 is 5.32 Å². The third kappa shape index (κ3) is 4.09. The van der Waals surface area contributed by atoms with Crippen LogP contribution in [0.2, 0.25) is 12.6 Å². The highest BCUT2D eigenvalue weighted by Gasteiger charge is 2.38. The Labute approximate surface area is 158 Å². The molecule has 10 heteroatoms. The molecule has 1 saturated heterocycles. The number of anilines is 1. The van der Waals surface area contributed by atoms with Crippen molar-refractivity contribution in [2.24, 2.45) is 0 Å². The van der Waals surface area contributed by atoms with E-state index < -0.39 is 12.1 Å². The largest absolute Gasteiger partial charge is 0.396 e. The molecule has 4 nitrogen and oxygen atoms in total. The van der Waals surface area contributed by atoms with Gasteiger partial charge in [-0.2, -0.15) is 13.2 Å². The van der Waals surface area contributed by atoms with Gasteiger partial charge in [0.1, 0.15) is 10.6 Å². The summed E-state index contributed by atoms with van der Waals surface area (Å²) in [6, 6.07) is 1.74. The molecule has 3 rings (SSSR count). The lowest BCUT2D eigenvalue weighted by molar-refractivity contribution is -0.145. The highest BCUT2D eigenvalue weighted by atomic mass is 32.2. The summed E-state index contributed by atoms with van der Waals surface area (Å²) in [6.07, 6.45) is 0.938. The number of rotatable bonds is 4. The molecule has 1 atom stereocenters. The Balaban J connectivity index is 1.91. The maximum atomic E-state index is 13.1. The average Bonchev–Trinajstić information content (AvgIpc) is 3.05. The van der Waals surface area contributed by atoms with Gasteiger partial charge in [0.15, 0.2) is 5.16 Å². The van der Waals surface area contributed by atoms with Crippen LogP contribution in [0, 0.1) is 11.2 Å². The number of fused-ring (bicyclic) bond motifs is 1. The first-order chi connectivity index (χ1) is 12.3. The fourth-order valence-electron chi connectivity index (χ4n) is 3.06. The van der Waals surface area contributed by atoms with E-state index in [0.717, 1.165) is 36.8 Å². The van der Waals surface area contributed by atoms with Gasteiger partial charge in [-0.3, -0.25) is 0 Å². The predicted octanol–water partition coefficient (Wildman–Crippen LogP) is 5.21. The maximum absolute atomic E-state index is 13.1. The second-order valence-corrected chi connectivity index (χ2v) is 8.35. The van der Waals surface area contributed by atoms with Crippen molar-refractivity contribution >= 4 is 45.8 Å². The third-order valence-electron chi connectivity index (χ3n) is 4.74. The Hall–Kier alpha value is -1.47. The molecular weight excluding hydrogens is 380 g/mol. The zero-order valence-corrected chi connectivity index (χ0v) is 16.1. The van der Waals surface area contributed by atoms with Gasteiger partial charge in [0.25, 0.3) is 6.71 Å². The first-order valence-corrected chi connectivity index (χ1v) is 10.4. The van der Waals surface area contributed by atoms with E-state index in [-0.39, 0.29) is 17.6 Å². The number of hydrogen-bond acceptors (Lipinski definition) is 6. The molecule has 2 aromatic rings. The number of halogens is 3. The van der Waals surface area contributed by atoms with Gasteiger partial charge in [0.2, 0.25) is 0 Å². The van der Waals surface area contributed by atoms with E-state index in [2.05, 4.69) is 21.3 Å². The predicted molar refractivity (Wildman–Crippen MR) is 101 cm³/mol. The Morgan fingerprint density at radius 1 is 1.38 bits per heavy atom. The Bertz CT molecular complexity index is 825. The SMILES string of the molecule is CSc1nc(NC2CCB(C#N)CC2)c2cc(C(C)C(F)(F)F)sc2n1. The molecule has 1 aliphatic rings. The zero-order chi connectivity index (χ0) is 18.9. The lowest BCUT2D eigenvalue weighted by Gasteiger charge is -2.25. The monoisotopic (exact) mass is 398 g/mol. The fourth-order valence-corrected chi connectivity index (χ4v) is 4.59. The summed E-state index contributed by atoms with van der Waals surface area (Å²) in [6.45, 7) is 1.27. The lowest BCUT2D eigenvalue weighted by Crippen LogP contribution is -2.29. The van der Waals surface area contributed by atoms with Gasteiger partial charge in [-0.05, 0) is 32.1 Å². The van der Waals surface area contributed by atoms with E-state index in [9.17, 15) is 13.2 Å². The summed E-state index contributed by atoms with van der Waals surface area (Å²) in [4.78, 5) is 9.69. The molecule has 1 N–H and O–H groups in total. The van der Waals surface area contributed by atoms with Gasteiger partial charge in [-0.15, -0.1) is 11.3 Å². The highest BCUT2D eigenvalue weighted by Crippen LogP contribution is 2.41. The van der Waals surface area contributed by atoms with Crippen molar-refractivity contribution < 1.29 is 13.2 Å². The topological polar surface area (TPSA) is 61.6 Å². The van der Waals surface area contributed by atoms with Crippen molar-refractivity contribution in [2.75, 3.05) is 11.6 Å². The van der Waals surface area contributed by atoms with E-state index in [1.54, 1.807) is 6.07 Å². The molecule has 1 unspecified atom stereocenters. The van der Waals surface area contributed by atoms with Gasteiger partial charge in [0, 0.05) is 16.9 Å². The number of alkyl halides is 3. The molecule has 1 fully saturated rings. The molecule has 0 aromatic carbocycles. The average molecular weight is 398 g/mol. The Morgan fingerprint density at radius 2 is 2.08 bits per heavy atom. The molecule has 1 aliphatic heterocycles. The van der Waals surface area contributed by atoms with Crippen LogP contribution in [-0.4, -0.2) is 35.2 Å². The first-order valence-electron chi connectivity index (χ1n) is 8.40. The number of nitrogens with one attached hydrogen (secondary N) is 1. The van der Waals surface area contributed by atoms with E-state index in [1.165, 1.54) is 18.7 Å². The van der Waals surface area contributed by atoms with Crippen molar-refractivity contribution in [2.45, 2.75) is 55.7 Å². The van der Waals surface area contributed by atoms with Crippen molar-refractivity contribution in [3.05, 3.63) is 10.9 Å². The van der Waals surface area contributed by atoms with Gasteiger partial charge < -0.3 is 5.32 Å². The normalized spacial score (nSPS) is 17.3. The standard InChI is InChI=1S/C16H18BF3N4S2/c1-9(16(18,19)20)12-7-11-13(23-15(25-2)24-14(11)26-12)22-10-3-5-17(8-21)6-4-10/h7,9-10H,3-6H2,1-2H3,(H,22,23,24). The molecule has 0 spiro atoms.